The predicted octanol–water partition coefficient (Wildman–Crippen LogP) is 2.49. The number of anilines is 1. The highest BCUT2D eigenvalue weighted by molar-refractivity contribution is 5.82. The minimum atomic E-state index is -0.928. The zero-order valence-electron chi connectivity index (χ0n) is 9.11. The molecule has 2 aromatic heterocycles. The van der Waals surface area contributed by atoms with E-state index in [1.165, 1.54) is 6.20 Å². The van der Waals surface area contributed by atoms with Crippen LogP contribution in [0.5, 0.6) is 0 Å². The maximum Gasteiger partial charge on any atom is 0.161 e. The lowest BCUT2D eigenvalue weighted by molar-refractivity contribution is 0.510. The summed E-state index contributed by atoms with van der Waals surface area (Å²) in [6.45, 7) is 0. The van der Waals surface area contributed by atoms with Crippen molar-refractivity contribution in [2.45, 2.75) is 0 Å². The number of rotatable bonds is 1. The third kappa shape index (κ3) is 1.58. The van der Waals surface area contributed by atoms with Crippen molar-refractivity contribution in [1.82, 2.24) is 15.0 Å². The van der Waals surface area contributed by atoms with Crippen LogP contribution >= 0.6 is 0 Å². The summed E-state index contributed by atoms with van der Waals surface area (Å²) in [5.41, 5.74) is 7.61. The highest BCUT2D eigenvalue weighted by Gasteiger charge is 2.11. The van der Waals surface area contributed by atoms with Crippen LogP contribution in [0.1, 0.15) is 0 Å². The molecular formula is C12H8F2N4. The Bertz CT molecular complexity index is 697. The molecule has 0 radical (unpaired) electrons. The Labute approximate surface area is 100 Å². The Morgan fingerprint density at radius 3 is 2.72 bits per heavy atom. The Hall–Kier alpha value is -2.50. The lowest BCUT2D eigenvalue weighted by atomic mass is 10.2. The number of imidazole rings is 1. The third-order valence-electron chi connectivity index (χ3n) is 2.63. The summed E-state index contributed by atoms with van der Waals surface area (Å²) in [4.78, 5) is 10.9. The fourth-order valence-corrected chi connectivity index (χ4v) is 1.75. The summed E-state index contributed by atoms with van der Waals surface area (Å²) < 4.78 is 26.2. The number of hydrogen-bond donors (Lipinski definition) is 2. The minimum Gasteiger partial charge on any atom is -0.397 e. The van der Waals surface area contributed by atoms with Crippen molar-refractivity contribution < 1.29 is 8.78 Å². The number of aromatic amines is 1. The first-order valence-electron chi connectivity index (χ1n) is 5.20. The van der Waals surface area contributed by atoms with Crippen molar-refractivity contribution in [3.05, 3.63) is 42.2 Å². The largest absolute Gasteiger partial charge is 0.397 e. The van der Waals surface area contributed by atoms with Gasteiger partial charge in [-0.05, 0) is 6.07 Å². The molecule has 1 aromatic carbocycles. The van der Waals surface area contributed by atoms with Gasteiger partial charge in [-0.15, -0.1) is 0 Å². The van der Waals surface area contributed by atoms with Crippen LogP contribution in [-0.2, 0) is 0 Å². The molecule has 0 bridgehead atoms. The average Bonchev–Trinajstić information content (AvgIpc) is 2.73. The van der Waals surface area contributed by atoms with Gasteiger partial charge in [0.05, 0.1) is 22.9 Å². The van der Waals surface area contributed by atoms with E-state index in [4.69, 9.17) is 5.73 Å². The van der Waals surface area contributed by atoms with Gasteiger partial charge in [-0.3, -0.25) is 4.98 Å². The molecule has 3 aromatic rings. The van der Waals surface area contributed by atoms with Gasteiger partial charge < -0.3 is 10.7 Å². The second-order valence-corrected chi connectivity index (χ2v) is 3.83. The molecule has 0 atom stereocenters. The number of H-pyrrole nitrogens is 1. The second kappa shape index (κ2) is 3.76. The van der Waals surface area contributed by atoms with Crippen LogP contribution < -0.4 is 5.73 Å². The molecule has 0 saturated heterocycles. The van der Waals surface area contributed by atoms with Gasteiger partial charge in [-0.1, -0.05) is 0 Å². The van der Waals surface area contributed by atoms with Gasteiger partial charge in [0.15, 0.2) is 11.6 Å². The third-order valence-corrected chi connectivity index (χ3v) is 2.63. The van der Waals surface area contributed by atoms with Crippen molar-refractivity contribution in [3.8, 4) is 11.4 Å². The molecule has 6 heteroatoms. The van der Waals surface area contributed by atoms with Crippen molar-refractivity contribution >= 4 is 16.7 Å². The summed E-state index contributed by atoms with van der Waals surface area (Å²) in [5.74, 6) is -1.39. The molecule has 0 amide bonds. The molecule has 3 rings (SSSR count). The van der Waals surface area contributed by atoms with Gasteiger partial charge in [0.1, 0.15) is 5.82 Å². The quantitative estimate of drug-likeness (QED) is 0.693. The minimum absolute atomic E-state index is 0.347. The highest BCUT2D eigenvalue weighted by Crippen LogP contribution is 2.25. The number of halogens is 2. The number of aromatic nitrogens is 3. The van der Waals surface area contributed by atoms with Gasteiger partial charge in [0, 0.05) is 23.9 Å². The van der Waals surface area contributed by atoms with Gasteiger partial charge >= 0.3 is 0 Å². The van der Waals surface area contributed by atoms with E-state index in [0.717, 1.165) is 12.1 Å². The van der Waals surface area contributed by atoms with E-state index in [1.807, 2.05) is 0 Å². The molecule has 4 nitrogen and oxygen atoms in total. The van der Waals surface area contributed by atoms with E-state index in [-0.39, 0.29) is 0 Å². The van der Waals surface area contributed by atoms with Gasteiger partial charge in [0.2, 0.25) is 0 Å². The Morgan fingerprint density at radius 2 is 1.94 bits per heavy atom. The second-order valence-electron chi connectivity index (χ2n) is 3.83. The number of nitrogens with one attached hydrogen (secondary N) is 1. The zero-order chi connectivity index (χ0) is 12.7. The van der Waals surface area contributed by atoms with Crippen molar-refractivity contribution in [1.29, 1.82) is 0 Å². The first-order chi connectivity index (χ1) is 8.65. The molecule has 0 saturated carbocycles. The molecule has 0 spiro atoms. The van der Waals surface area contributed by atoms with Crippen LogP contribution in [0.2, 0.25) is 0 Å². The Morgan fingerprint density at radius 1 is 1.17 bits per heavy atom. The van der Waals surface area contributed by atoms with E-state index in [9.17, 15) is 8.78 Å². The van der Waals surface area contributed by atoms with E-state index < -0.39 is 11.6 Å². The van der Waals surface area contributed by atoms with E-state index in [0.29, 0.717) is 28.1 Å². The van der Waals surface area contributed by atoms with E-state index >= 15 is 0 Å². The molecule has 3 N–H and O–H groups in total. The van der Waals surface area contributed by atoms with Gasteiger partial charge in [0.25, 0.3) is 0 Å². The average molecular weight is 246 g/mol. The van der Waals surface area contributed by atoms with Crippen molar-refractivity contribution in [2.24, 2.45) is 0 Å². The maximum atomic E-state index is 13.1. The Kier molecular flexibility index (Phi) is 2.22. The zero-order valence-corrected chi connectivity index (χ0v) is 9.11. The number of nitrogens with zero attached hydrogens (tertiary/aromatic N) is 2. The number of hydrogen-bond acceptors (Lipinski definition) is 3. The molecular weight excluding hydrogens is 238 g/mol. The lowest BCUT2D eigenvalue weighted by Gasteiger charge is -1.99. The molecule has 0 unspecified atom stereocenters. The van der Waals surface area contributed by atoms with Crippen molar-refractivity contribution in [3.63, 3.8) is 0 Å². The molecule has 0 aliphatic heterocycles. The first-order valence-corrected chi connectivity index (χ1v) is 5.20. The summed E-state index contributed by atoms with van der Waals surface area (Å²) in [6, 6.07) is 3.79. The number of fused-ring (bicyclic) bond motifs is 1. The topological polar surface area (TPSA) is 67.6 Å². The summed E-state index contributed by atoms with van der Waals surface area (Å²) in [5, 5.41) is 0. The fourth-order valence-electron chi connectivity index (χ4n) is 1.75. The van der Waals surface area contributed by atoms with Gasteiger partial charge in [-0.25, -0.2) is 13.8 Å². The first kappa shape index (κ1) is 10.6. The van der Waals surface area contributed by atoms with Crippen LogP contribution in [0.25, 0.3) is 22.4 Å². The fraction of sp³-hybridized carbons (Fsp3) is 0. The normalized spacial score (nSPS) is 11.0. The smallest absolute Gasteiger partial charge is 0.161 e. The SMILES string of the molecule is Nc1cnccc1-c1nc2cc(F)c(F)cc2[nH]1. The summed E-state index contributed by atoms with van der Waals surface area (Å²) >= 11 is 0. The number of pyridine rings is 1. The van der Waals surface area contributed by atoms with Crippen LogP contribution in [0.3, 0.4) is 0 Å². The van der Waals surface area contributed by atoms with Crippen LogP contribution in [0, 0.1) is 11.6 Å². The Balaban J connectivity index is 2.23. The highest BCUT2D eigenvalue weighted by atomic mass is 19.2. The van der Waals surface area contributed by atoms with Gasteiger partial charge in [-0.2, -0.15) is 0 Å². The molecule has 90 valence electrons. The number of nitrogen functional groups attached to an aromatic ring is 1. The maximum absolute atomic E-state index is 13.1. The van der Waals surface area contributed by atoms with E-state index in [2.05, 4.69) is 15.0 Å². The molecule has 0 aliphatic rings. The van der Waals surface area contributed by atoms with Crippen molar-refractivity contribution in [2.75, 3.05) is 5.73 Å². The van der Waals surface area contributed by atoms with E-state index in [1.54, 1.807) is 12.3 Å². The van der Waals surface area contributed by atoms with Crippen LogP contribution in [-0.4, -0.2) is 15.0 Å². The van der Waals surface area contributed by atoms with Crippen LogP contribution in [0.15, 0.2) is 30.6 Å². The monoisotopic (exact) mass is 246 g/mol. The summed E-state index contributed by atoms with van der Waals surface area (Å²) in [7, 11) is 0. The van der Waals surface area contributed by atoms with Crippen LogP contribution in [0.4, 0.5) is 14.5 Å². The number of benzene rings is 1. The molecule has 0 aliphatic carbocycles. The molecule has 2 heterocycles. The molecule has 0 fully saturated rings. The summed E-state index contributed by atoms with van der Waals surface area (Å²) in [6.07, 6.45) is 3.06. The standard InChI is InChI=1S/C12H8F2N4/c13-7-3-10-11(4-8(7)14)18-12(17-10)6-1-2-16-5-9(6)15/h1-5H,15H2,(H,17,18). The predicted molar refractivity (Wildman–Crippen MR) is 63.7 cm³/mol. The lowest BCUT2D eigenvalue weighted by Crippen LogP contribution is -1.91. The molecule has 18 heavy (non-hydrogen) atoms. The number of nitrogens with two attached hydrogens (primary N) is 1.